The van der Waals surface area contributed by atoms with Crippen molar-refractivity contribution in [3.63, 3.8) is 0 Å². The quantitative estimate of drug-likeness (QED) is 0.865. The van der Waals surface area contributed by atoms with Gasteiger partial charge in [0.25, 0.3) is 0 Å². The maximum atomic E-state index is 9.81. The summed E-state index contributed by atoms with van der Waals surface area (Å²) in [7, 11) is 0. The molecule has 4 heteroatoms. The fourth-order valence-electron chi connectivity index (χ4n) is 2.65. The Balaban J connectivity index is 2.00. The fraction of sp³-hybridized carbons (Fsp3) is 0.769. The molecule has 2 atom stereocenters. The molecule has 2 heterocycles. The van der Waals surface area contributed by atoms with Gasteiger partial charge in [-0.1, -0.05) is 6.42 Å². The van der Waals surface area contributed by atoms with Crippen molar-refractivity contribution >= 4 is 0 Å². The number of likely N-dealkylation sites (tertiary alicyclic amines) is 1. The molecule has 0 aliphatic carbocycles. The van der Waals surface area contributed by atoms with E-state index in [0.717, 1.165) is 26.1 Å². The number of aromatic nitrogens is 2. The van der Waals surface area contributed by atoms with Gasteiger partial charge in [0.15, 0.2) is 0 Å². The first-order valence-electron chi connectivity index (χ1n) is 6.64. The molecule has 0 amide bonds. The van der Waals surface area contributed by atoms with E-state index in [1.54, 1.807) is 0 Å². The first-order valence-corrected chi connectivity index (χ1v) is 6.64. The van der Waals surface area contributed by atoms with E-state index in [1.807, 2.05) is 17.8 Å². The molecule has 2 unspecified atom stereocenters. The van der Waals surface area contributed by atoms with Crippen LogP contribution in [0.5, 0.6) is 0 Å². The minimum Gasteiger partial charge on any atom is -0.392 e. The lowest BCUT2D eigenvalue weighted by molar-refractivity contribution is 0.0316. The minimum atomic E-state index is -0.239. The predicted octanol–water partition coefficient (Wildman–Crippen LogP) is 1.64. The van der Waals surface area contributed by atoms with Crippen LogP contribution < -0.4 is 0 Å². The van der Waals surface area contributed by atoms with Gasteiger partial charge in [0, 0.05) is 30.9 Å². The zero-order chi connectivity index (χ0) is 12.3. The lowest BCUT2D eigenvalue weighted by Crippen LogP contribution is -2.45. The van der Waals surface area contributed by atoms with Crippen LogP contribution in [0.1, 0.15) is 38.7 Å². The van der Waals surface area contributed by atoms with Crippen molar-refractivity contribution in [1.29, 1.82) is 0 Å². The summed E-state index contributed by atoms with van der Waals surface area (Å²) in [5.41, 5.74) is 1.25. The van der Waals surface area contributed by atoms with E-state index in [2.05, 4.69) is 23.1 Å². The number of piperidine rings is 1. The van der Waals surface area contributed by atoms with Gasteiger partial charge in [-0.2, -0.15) is 5.10 Å². The van der Waals surface area contributed by atoms with Gasteiger partial charge in [-0.05, 0) is 33.2 Å². The van der Waals surface area contributed by atoms with Gasteiger partial charge in [0.1, 0.15) is 0 Å². The highest BCUT2D eigenvalue weighted by atomic mass is 16.3. The number of rotatable bonds is 4. The molecular weight excluding hydrogens is 214 g/mol. The largest absolute Gasteiger partial charge is 0.392 e. The van der Waals surface area contributed by atoms with Crippen molar-refractivity contribution in [1.82, 2.24) is 14.7 Å². The molecule has 1 saturated heterocycles. The molecule has 1 aromatic rings. The van der Waals surface area contributed by atoms with E-state index in [-0.39, 0.29) is 6.10 Å². The Morgan fingerprint density at radius 3 is 3.00 bits per heavy atom. The first kappa shape index (κ1) is 12.6. The van der Waals surface area contributed by atoms with Gasteiger partial charge in [0.05, 0.1) is 12.3 Å². The molecule has 1 N–H and O–H groups in total. The predicted molar refractivity (Wildman–Crippen MR) is 67.6 cm³/mol. The van der Waals surface area contributed by atoms with Gasteiger partial charge >= 0.3 is 0 Å². The van der Waals surface area contributed by atoms with Crippen molar-refractivity contribution in [2.75, 3.05) is 6.54 Å². The Bertz CT molecular complexity index is 348. The van der Waals surface area contributed by atoms with E-state index in [1.165, 1.54) is 18.4 Å². The second kappa shape index (κ2) is 5.65. The van der Waals surface area contributed by atoms with Crippen molar-refractivity contribution < 1.29 is 5.11 Å². The summed E-state index contributed by atoms with van der Waals surface area (Å²) in [6, 6.07) is 0.314. The second-order valence-electron chi connectivity index (χ2n) is 4.98. The van der Waals surface area contributed by atoms with Gasteiger partial charge < -0.3 is 5.11 Å². The SMILES string of the molecule is CCn1cc(CN2CCCCC2C(C)O)cn1. The Labute approximate surface area is 103 Å². The Morgan fingerprint density at radius 2 is 2.35 bits per heavy atom. The molecule has 0 spiro atoms. The number of hydrogen-bond donors (Lipinski definition) is 1. The molecule has 0 saturated carbocycles. The standard InChI is InChI=1S/C13H23N3O/c1-3-16-10-12(8-14-16)9-15-7-5-4-6-13(15)11(2)17/h8,10-11,13,17H,3-7,9H2,1-2H3. The second-order valence-corrected chi connectivity index (χ2v) is 4.98. The van der Waals surface area contributed by atoms with Crippen LogP contribution in [0.15, 0.2) is 12.4 Å². The molecule has 4 nitrogen and oxygen atoms in total. The third kappa shape index (κ3) is 3.07. The summed E-state index contributed by atoms with van der Waals surface area (Å²) < 4.78 is 1.96. The summed E-state index contributed by atoms with van der Waals surface area (Å²) in [5, 5.41) is 14.1. The van der Waals surface area contributed by atoms with Crippen molar-refractivity contribution in [2.24, 2.45) is 0 Å². The van der Waals surface area contributed by atoms with Crippen molar-refractivity contribution in [3.8, 4) is 0 Å². The van der Waals surface area contributed by atoms with E-state index in [0.29, 0.717) is 6.04 Å². The van der Waals surface area contributed by atoms with E-state index >= 15 is 0 Å². The van der Waals surface area contributed by atoms with Crippen LogP contribution in [0.3, 0.4) is 0 Å². The fourth-order valence-corrected chi connectivity index (χ4v) is 2.65. The molecule has 17 heavy (non-hydrogen) atoms. The summed E-state index contributed by atoms with van der Waals surface area (Å²) in [6.07, 6.45) is 7.40. The van der Waals surface area contributed by atoms with E-state index < -0.39 is 0 Å². The lowest BCUT2D eigenvalue weighted by Gasteiger charge is -2.37. The molecular formula is C13H23N3O. The number of hydrogen-bond acceptors (Lipinski definition) is 3. The van der Waals surface area contributed by atoms with Crippen molar-refractivity contribution in [3.05, 3.63) is 18.0 Å². The molecule has 1 aliphatic rings. The molecule has 0 radical (unpaired) electrons. The summed E-state index contributed by atoms with van der Waals surface area (Å²) in [4.78, 5) is 2.39. The zero-order valence-corrected chi connectivity index (χ0v) is 10.8. The number of aryl methyl sites for hydroxylation is 1. The van der Waals surface area contributed by atoms with Crippen LogP contribution >= 0.6 is 0 Å². The average Bonchev–Trinajstić information content (AvgIpc) is 2.77. The maximum Gasteiger partial charge on any atom is 0.0667 e. The highest BCUT2D eigenvalue weighted by Gasteiger charge is 2.26. The maximum absolute atomic E-state index is 9.81. The Hall–Kier alpha value is -0.870. The molecule has 96 valence electrons. The summed E-state index contributed by atoms with van der Waals surface area (Å²) >= 11 is 0. The van der Waals surface area contributed by atoms with Gasteiger partial charge in [0.2, 0.25) is 0 Å². The smallest absolute Gasteiger partial charge is 0.0667 e. The number of aliphatic hydroxyl groups excluding tert-OH is 1. The van der Waals surface area contributed by atoms with Crippen LogP contribution in [-0.4, -0.2) is 38.5 Å². The number of aliphatic hydroxyl groups is 1. The molecule has 0 bridgehead atoms. The zero-order valence-electron chi connectivity index (χ0n) is 10.8. The minimum absolute atomic E-state index is 0.239. The Kier molecular flexibility index (Phi) is 4.18. The third-order valence-electron chi connectivity index (χ3n) is 3.62. The average molecular weight is 237 g/mol. The lowest BCUT2D eigenvalue weighted by atomic mass is 9.98. The first-order chi connectivity index (χ1) is 8.20. The third-order valence-corrected chi connectivity index (χ3v) is 3.62. The van der Waals surface area contributed by atoms with Crippen LogP contribution in [-0.2, 0) is 13.1 Å². The molecule has 1 aromatic heterocycles. The van der Waals surface area contributed by atoms with E-state index in [4.69, 9.17) is 0 Å². The van der Waals surface area contributed by atoms with Crippen LogP contribution in [0.2, 0.25) is 0 Å². The topological polar surface area (TPSA) is 41.3 Å². The number of nitrogens with zero attached hydrogens (tertiary/aromatic N) is 3. The van der Waals surface area contributed by atoms with Gasteiger partial charge in [-0.25, -0.2) is 0 Å². The summed E-state index contributed by atoms with van der Waals surface area (Å²) in [5.74, 6) is 0. The monoisotopic (exact) mass is 237 g/mol. The summed E-state index contributed by atoms with van der Waals surface area (Å²) in [6.45, 7) is 6.91. The van der Waals surface area contributed by atoms with Crippen LogP contribution in [0.25, 0.3) is 0 Å². The highest BCUT2D eigenvalue weighted by molar-refractivity contribution is 5.04. The van der Waals surface area contributed by atoms with E-state index in [9.17, 15) is 5.11 Å². The normalized spacial score (nSPS) is 23.8. The van der Waals surface area contributed by atoms with Gasteiger partial charge in [-0.15, -0.1) is 0 Å². The van der Waals surface area contributed by atoms with Crippen LogP contribution in [0.4, 0.5) is 0 Å². The molecule has 1 aliphatic heterocycles. The molecule has 1 fully saturated rings. The van der Waals surface area contributed by atoms with Crippen molar-refractivity contribution in [2.45, 2.75) is 58.3 Å². The highest BCUT2D eigenvalue weighted by Crippen LogP contribution is 2.21. The van der Waals surface area contributed by atoms with Gasteiger partial charge in [-0.3, -0.25) is 9.58 Å². The Morgan fingerprint density at radius 1 is 1.53 bits per heavy atom. The molecule has 0 aromatic carbocycles. The van der Waals surface area contributed by atoms with Crippen LogP contribution in [0, 0.1) is 0 Å². The molecule has 2 rings (SSSR count).